The van der Waals surface area contributed by atoms with Crippen LogP contribution in [0.3, 0.4) is 0 Å². The van der Waals surface area contributed by atoms with E-state index in [1.54, 1.807) is 0 Å². The van der Waals surface area contributed by atoms with Gasteiger partial charge in [0.2, 0.25) is 11.4 Å². The first-order valence-electron chi connectivity index (χ1n) is 7.32. The molecule has 3 rings (SSSR count). The number of hydrogen-bond donors (Lipinski definition) is 8. The number of ketones is 1. The highest BCUT2D eigenvalue weighted by molar-refractivity contribution is 7.82. The molecule has 0 aromatic heterocycles. The number of rotatable bonds is 3. The molecule has 0 amide bonds. The topological polar surface area (TPSA) is 241 Å². The SMILES string of the molecule is O=C(c1cc(O)c(O)c(O)c1)[C@@]1(O)[C@@H](O)[C@@H](CO)OC2(O)OS(=O)(=O)O[C@@]21O. The van der Waals surface area contributed by atoms with Gasteiger partial charge in [0.25, 0.3) is 0 Å². The molecule has 0 aliphatic carbocycles. The molecule has 156 valence electrons. The van der Waals surface area contributed by atoms with Crippen LogP contribution < -0.4 is 0 Å². The highest BCUT2D eigenvalue weighted by Crippen LogP contribution is 2.52. The van der Waals surface area contributed by atoms with Crippen molar-refractivity contribution in [2.24, 2.45) is 0 Å². The Morgan fingerprint density at radius 2 is 1.61 bits per heavy atom. The smallest absolute Gasteiger partial charge is 0.407 e. The number of carbonyl (C=O) groups excluding carboxylic acids is 1. The Hall–Kier alpha value is -2.08. The van der Waals surface area contributed by atoms with Gasteiger partial charge in [0.1, 0.15) is 12.2 Å². The Morgan fingerprint density at radius 3 is 2.11 bits per heavy atom. The first kappa shape index (κ1) is 20.6. The van der Waals surface area contributed by atoms with Crippen molar-refractivity contribution in [1.29, 1.82) is 0 Å². The number of benzene rings is 1. The summed E-state index contributed by atoms with van der Waals surface area (Å²) in [6.07, 6.45) is -4.69. The number of carbonyl (C=O) groups is 1. The van der Waals surface area contributed by atoms with Gasteiger partial charge >= 0.3 is 22.2 Å². The number of aliphatic hydroxyl groups excluding tert-OH is 2. The van der Waals surface area contributed by atoms with Gasteiger partial charge in [-0.25, -0.2) is 4.18 Å². The summed E-state index contributed by atoms with van der Waals surface area (Å²) < 4.78 is 35.9. The van der Waals surface area contributed by atoms with Crippen LogP contribution in [0.2, 0.25) is 0 Å². The van der Waals surface area contributed by atoms with E-state index in [4.69, 9.17) is 0 Å². The minimum Gasteiger partial charge on any atom is -0.504 e. The lowest BCUT2D eigenvalue weighted by Crippen LogP contribution is -2.81. The zero-order valence-electron chi connectivity index (χ0n) is 13.5. The Morgan fingerprint density at radius 1 is 1.07 bits per heavy atom. The van der Waals surface area contributed by atoms with E-state index < -0.39 is 75.2 Å². The van der Waals surface area contributed by atoms with Crippen molar-refractivity contribution in [2.45, 2.75) is 29.6 Å². The normalized spacial score (nSPS) is 39.5. The number of aromatic hydroxyl groups is 3. The van der Waals surface area contributed by atoms with Gasteiger partial charge in [-0.3, -0.25) is 4.79 Å². The summed E-state index contributed by atoms with van der Waals surface area (Å²) in [4.78, 5) is 12.9. The second-order valence-corrected chi connectivity index (χ2v) is 7.19. The molecular formula is C13H14O14S. The van der Waals surface area contributed by atoms with Crippen LogP contribution in [0.25, 0.3) is 0 Å². The minimum atomic E-state index is -5.28. The molecule has 8 N–H and O–H groups in total. The van der Waals surface area contributed by atoms with Crippen LogP contribution in [-0.2, 0) is 23.5 Å². The third-order valence-electron chi connectivity index (χ3n) is 4.33. The second-order valence-electron chi connectivity index (χ2n) is 6.04. The van der Waals surface area contributed by atoms with E-state index >= 15 is 0 Å². The maximum absolute atomic E-state index is 12.9. The van der Waals surface area contributed by atoms with Gasteiger partial charge in [0.05, 0.1) is 6.61 Å². The van der Waals surface area contributed by atoms with Crippen LogP contribution in [0.1, 0.15) is 10.4 Å². The molecule has 0 bridgehead atoms. The van der Waals surface area contributed by atoms with Crippen molar-refractivity contribution in [3.05, 3.63) is 17.7 Å². The van der Waals surface area contributed by atoms with Gasteiger partial charge in [-0.2, -0.15) is 12.6 Å². The van der Waals surface area contributed by atoms with Gasteiger partial charge in [-0.1, -0.05) is 0 Å². The first-order valence-corrected chi connectivity index (χ1v) is 8.65. The van der Waals surface area contributed by atoms with Gasteiger partial charge in [0.15, 0.2) is 17.2 Å². The second kappa shape index (κ2) is 5.96. The van der Waals surface area contributed by atoms with Crippen molar-refractivity contribution in [3.63, 3.8) is 0 Å². The average Bonchev–Trinajstić information content (AvgIpc) is 2.79. The molecule has 1 aromatic rings. The maximum Gasteiger partial charge on any atom is 0.407 e. The number of ether oxygens (including phenoxy) is 1. The number of phenols is 3. The van der Waals surface area contributed by atoms with Gasteiger partial charge in [0, 0.05) is 5.56 Å². The molecule has 2 saturated heterocycles. The van der Waals surface area contributed by atoms with Crippen LogP contribution in [0.5, 0.6) is 17.2 Å². The van der Waals surface area contributed by atoms with Crippen LogP contribution in [0.15, 0.2) is 12.1 Å². The van der Waals surface area contributed by atoms with Crippen LogP contribution in [-0.4, -0.2) is 91.2 Å². The molecule has 1 unspecified atom stereocenters. The van der Waals surface area contributed by atoms with Crippen LogP contribution in [0, 0.1) is 0 Å². The van der Waals surface area contributed by atoms with E-state index in [1.165, 1.54) is 0 Å². The van der Waals surface area contributed by atoms with Crippen molar-refractivity contribution >= 4 is 16.2 Å². The van der Waals surface area contributed by atoms with Crippen molar-refractivity contribution in [3.8, 4) is 17.2 Å². The molecule has 1 aromatic carbocycles. The van der Waals surface area contributed by atoms with Crippen LogP contribution in [0.4, 0.5) is 0 Å². The molecule has 2 fully saturated rings. The average molecular weight is 426 g/mol. The summed E-state index contributed by atoms with van der Waals surface area (Å²) in [6, 6.07) is 0.969. The minimum absolute atomic E-state index is 0.484. The Balaban J connectivity index is 2.24. The zero-order valence-corrected chi connectivity index (χ0v) is 14.3. The van der Waals surface area contributed by atoms with E-state index in [1.807, 2.05) is 0 Å². The molecule has 2 aliphatic heterocycles. The first-order chi connectivity index (χ1) is 12.7. The molecule has 2 heterocycles. The Labute approximate surface area is 155 Å². The quantitative estimate of drug-likeness (QED) is 0.170. The Bertz CT molecular complexity index is 922. The fraction of sp³-hybridized carbons (Fsp3) is 0.462. The third kappa shape index (κ3) is 2.50. The monoisotopic (exact) mass is 426 g/mol. The van der Waals surface area contributed by atoms with E-state index in [-0.39, 0.29) is 0 Å². The lowest BCUT2D eigenvalue weighted by Gasteiger charge is -2.50. The molecular weight excluding hydrogens is 412 g/mol. The summed E-state index contributed by atoms with van der Waals surface area (Å²) in [5, 5.41) is 79.6. The summed E-state index contributed by atoms with van der Waals surface area (Å²) in [5.41, 5.74) is -4.66. The fourth-order valence-electron chi connectivity index (χ4n) is 2.94. The Kier molecular flexibility index (Phi) is 4.39. The molecule has 15 heteroatoms. The molecule has 14 nitrogen and oxygen atoms in total. The fourth-order valence-corrected chi connectivity index (χ4v) is 3.93. The lowest BCUT2D eigenvalue weighted by atomic mass is 9.75. The summed E-state index contributed by atoms with van der Waals surface area (Å²) in [5.74, 6) is -12.7. The zero-order chi connectivity index (χ0) is 21.3. The molecule has 0 saturated carbocycles. The van der Waals surface area contributed by atoms with Crippen molar-refractivity contribution < 1.29 is 67.2 Å². The van der Waals surface area contributed by atoms with Crippen molar-refractivity contribution in [2.75, 3.05) is 6.61 Å². The summed E-state index contributed by atoms with van der Waals surface area (Å²) >= 11 is 0. The van der Waals surface area contributed by atoms with Gasteiger partial charge in [-0.05, 0) is 12.1 Å². The highest BCUT2D eigenvalue weighted by Gasteiger charge is 2.83. The van der Waals surface area contributed by atoms with Gasteiger partial charge in [-0.15, -0.1) is 0 Å². The number of Topliss-reactive ketones (excluding diaryl/α,β-unsaturated/α-hetero) is 1. The third-order valence-corrected chi connectivity index (χ3v) is 5.21. The largest absolute Gasteiger partial charge is 0.504 e. The van der Waals surface area contributed by atoms with E-state index in [0.29, 0.717) is 12.1 Å². The molecule has 28 heavy (non-hydrogen) atoms. The van der Waals surface area contributed by atoms with Gasteiger partial charge < -0.3 is 45.6 Å². The predicted molar refractivity (Wildman–Crippen MR) is 79.7 cm³/mol. The highest BCUT2D eigenvalue weighted by atomic mass is 32.3. The van der Waals surface area contributed by atoms with E-state index in [2.05, 4.69) is 13.1 Å². The molecule has 0 radical (unpaired) electrons. The standard InChI is InChI=1S/C13H14O14S/c14-3-7-10(19)11(20,9(18)4-1-5(15)8(17)6(16)2-4)12(21)13(22,25-7)27-28(23,24)26-12/h1-2,7,10,14-17,19-22H,3H2/t7-,10+,11-,12-,13?/m1/s1. The molecule has 5 atom stereocenters. The van der Waals surface area contributed by atoms with Crippen LogP contribution >= 0.6 is 0 Å². The van der Waals surface area contributed by atoms with Crippen molar-refractivity contribution in [1.82, 2.24) is 0 Å². The maximum atomic E-state index is 12.9. The molecule has 0 spiro atoms. The number of aliphatic hydroxyl groups is 5. The number of fused-ring (bicyclic) bond motifs is 1. The number of phenolic OH excluding ortho intramolecular Hbond substituents is 3. The predicted octanol–water partition coefficient (Wildman–Crippen LogP) is -3.90. The van der Waals surface area contributed by atoms with E-state index in [9.17, 15) is 54.1 Å². The summed E-state index contributed by atoms with van der Waals surface area (Å²) in [7, 11) is -5.28. The molecule has 2 aliphatic rings. The lowest BCUT2D eigenvalue weighted by molar-refractivity contribution is -0.487. The summed E-state index contributed by atoms with van der Waals surface area (Å²) in [6.45, 7) is -1.20. The van der Waals surface area contributed by atoms with E-state index in [0.717, 1.165) is 0 Å². The number of hydrogen-bond acceptors (Lipinski definition) is 14.